The molecular formula is C14H14FNO. The predicted molar refractivity (Wildman–Crippen MR) is 66.3 cm³/mol. The van der Waals surface area contributed by atoms with Gasteiger partial charge in [-0.05, 0) is 48.4 Å². The summed E-state index contributed by atoms with van der Waals surface area (Å²) >= 11 is 0. The number of rotatable bonds is 3. The molecule has 0 bridgehead atoms. The Morgan fingerprint density at radius 2 is 1.82 bits per heavy atom. The monoisotopic (exact) mass is 231 g/mol. The Morgan fingerprint density at radius 1 is 1.12 bits per heavy atom. The highest BCUT2D eigenvalue weighted by atomic mass is 19.1. The molecule has 0 atom stereocenters. The Bertz CT molecular complexity index is 508. The lowest BCUT2D eigenvalue weighted by atomic mass is 10.2. The third-order valence-electron chi connectivity index (χ3n) is 2.51. The van der Waals surface area contributed by atoms with E-state index in [0.717, 1.165) is 22.6 Å². The van der Waals surface area contributed by atoms with E-state index in [4.69, 9.17) is 10.5 Å². The minimum atomic E-state index is -0.239. The number of ether oxygens (including phenoxy) is 1. The van der Waals surface area contributed by atoms with Crippen LogP contribution in [0.4, 0.5) is 10.1 Å². The lowest BCUT2D eigenvalue weighted by Crippen LogP contribution is -1.97. The zero-order valence-corrected chi connectivity index (χ0v) is 9.61. The van der Waals surface area contributed by atoms with Crippen molar-refractivity contribution in [3.05, 3.63) is 59.4 Å². The van der Waals surface area contributed by atoms with Gasteiger partial charge < -0.3 is 10.5 Å². The van der Waals surface area contributed by atoms with Gasteiger partial charge in [0.25, 0.3) is 0 Å². The van der Waals surface area contributed by atoms with E-state index in [1.807, 2.05) is 19.1 Å². The van der Waals surface area contributed by atoms with E-state index in [0.29, 0.717) is 6.61 Å². The Balaban J connectivity index is 2.04. The lowest BCUT2D eigenvalue weighted by Gasteiger charge is -2.09. The second kappa shape index (κ2) is 4.87. The maximum atomic E-state index is 12.7. The molecule has 0 radical (unpaired) electrons. The van der Waals surface area contributed by atoms with Gasteiger partial charge in [-0.2, -0.15) is 0 Å². The van der Waals surface area contributed by atoms with Crippen molar-refractivity contribution in [3.8, 4) is 5.75 Å². The summed E-state index contributed by atoms with van der Waals surface area (Å²) in [5.74, 6) is 0.556. The van der Waals surface area contributed by atoms with Crippen molar-refractivity contribution in [2.24, 2.45) is 0 Å². The molecule has 0 saturated carbocycles. The summed E-state index contributed by atoms with van der Waals surface area (Å²) in [6.45, 7) is 2.36. The first-order valence-corrected chi connectivity index (χ1v) is 5.38. The zero-order chi connectivity index (χ0) is 12.3. The van der Waals surface area contributed by atoms with E-state index in [1.54, 1.807) is 18.2 Å². The lowest BCUT2D eigenvalue weighted by molar-refractivity contribution is 0.304. The van der Waals surface area contributed by atoms with Crippen LogP contribution < -0.4 is 10.5 Å². The molecule has 0 spiro atoms. The summed E-state index contributed by atoms with van der Waals surface area (Å²) in [5, 5.41) is 0. The molecule has 2 rings (SSSR count). The van der Waals surface area contributed by atoms with Crippen LogP contribution in [0.5, 0.6) is 5.75 Å². The molecule has 0 heterocycles. The summed E-state index contributed by atoms with van der Waals surface area (Å²) in [5.41, 5.74) is 8.30. The number of nitrogens with two attached hydrogens (primary N) is 1. The van der Waals surface area contributed by atoms with Crippen LogP contribution in [0.15, 0.2) is 42.5 Å². The van der Waals surface area contributed by atoms with Crippen LogP contribution in [-0.2, 0) is 6.61 Å². The van der Waals surface area contributed by atoms with Crippen molar-refractivity contribution in [1.82, 2.24) is 0 Å². The van der Waals surface area contributed by atoms with Gasteiger partial charge in [0.2, 0.25) is 0 Å². The van der Waals surface area contributed by atoms with Crippen LogP contribution in [0.25, 0.3) is 0 Å². The smallest absolute Gasteiger partial charge is 0.123 e. The molecule has 0 aliphatic rings. The molecule has 0 aromatic heterocycles. The first-order chi connectivity index (χ1) is 8.15. The van der Waals surface area contributed by atoms with Crippen molar-refractivity contribution >= 4 is 5.69 Å². The topological polar surface area (TPSA) is 35.2 Å². The zero-order valence-electron chi connectivity index (χ0n) is 9.61. The first-order valence-electron chi connectivity index (χ1n) is 5.38. The SMILES string of the molecule is Cc1cc(N)ccc1OCc1ccc(F)cc1. The molecule has 3 heteroatoms. The van der Waals surface area contributed by atoms with Gasteiger partial charge >= 0.3 is 0 Å². The maximum absolute atomic E-state index is 12.7. The van der Waals surface area contributed by atoms with Crippen LogP contribution in [0.1, 0.15) is 11.1 Å². The molecule has 0 aliphatic heterocycles. The molecule has 88 valence electrons. The largest absolute Gasteiger partial charge is 0.489 e. The maximum Gasteiger partial charge on any atom is 0.123 e. The Labute approximate surface area is 99.8 Å². The number of hydrogen-bond acceptors (Lipinski definition) is 2. The fraction of sp³-hybridized carbons (Fsp3) is 0.143. The van der Waals surface area contributed by atoms with Crippen LogP contribution in [-0.4, -0.2) is 0 Å². The quantitative estimate of drug-likeness (QED) is 0.822. The van der Waals surface area contributed by atoms with E-state index >= 15 is 0 Å². The standard InChI is InChI=1S/C14H14FNO/c1-10-8-13(16)6-7-14(10)17-9-11-2-4-12(15)5-3-11/h2-8H,9,16H2,1H3. The molecule has 0 aliphatic carbocycles. The van der Waals surface area contributed by atoms with Crippen molar-refractivity contribution in [2.75, 3.05) is 5.73 Å². The van der Waals surface area contributed by atoms with Gasteiger partial charge in [-0.1, -0.05) is 12.1 Å². The van der Waals surface area contributed by atoms with Gasteiger partial charge in [-0.3, -0.25) is 0 Å². The number of halogens is 1. The molecule has 2 aromatic carbocycles. The van der Waals surface area contributed by atoms with Gasteiger partial charge in [0.05, 0.1) is 0 Å². The minimum Gasteiger partial charge on any atom is -0.489 e. The molecule has 0 saturated heterocycles. The van der Waals surface area contributed by atoms with E-state index in [9.17, 15) is 4.39 Å². The third kappa shape index (κ3) is 2.97. The van der Waals surface area contributed by atoms with Gasteiger partial charge in [-0.25, -0.2) is 4.39 Å². The van der Waals surface area contributed by atoms with Gasteiger partial charge in [-0.15, -0.1) is 0 Å². The molecule has 0 amide bonds. The van der Waals surface area contributed by atoms with Gasteiger partial charge in [0, 0.05) is 5.69 Å². The average Bonchev–Trinajstić information content (AvgIpc) is 2.30. The summed E-state index contributed by atoms with van der Waals surface area (Å²) in [6, 6.07) is 11.8. The molecule has 2 N–H and O–H groups in total. The molecular weight excluding hydrogens is 217 g/mol. The number of benzene rings is 2. The molecule has 2 aromatic rings. The summed E-state index contributed by atoms with van der Waals surface area (Å²) in [6.07, 6.45) is 0. The Kier molecular flexibility index (Phi) is 3.28. The minimum absolute atomic E-state index is 0.239. The highest BCUT2D eigenvalue weighted by Gasteiger charge is 2.00. The van der Waals surface area contributed by atoms with Crippen molar-refractivity contribution in [1.29, 1.82) is 0 Å². The molecule has 0 unspecified atom stereocenters. The van der Waals surface area contributed by atoms with E-state index < -0.39 is 0 Å². The highest BCUT2D eigenvalue weighted by Crippen LogP contribution is 2.21. The van der Waals surface area contributed by atoms with Crippen molar-refractivity contribution < 1.29 is 9.13 Å². The third-order valence-corrected chi connectivity index (χ3v) is 2.51. The summed E-state index contributed by atoms with van der Waals surface area (Å²) < 4.78 is 18.3. The summed E-state index contributed by atoms with van der Waals surface area (Å²) in [7, 11) is 0. The van der Waals surface area contributed by atoms with E-state index in [1.165, 1.54) is 12.1 Å². The van der Waals surface area contributed by atoms with Crippen molar-refractivity contribution in [3.63, 3.8) is 0 Å². The fourth-order valence-electron chi connectivity index (χ4n) is 1.58. The normalized spacial score (nSPS) is 10.2. The molecule has 17 heavy (non-hydrogen) atoms. The number of nitrogen functional groups attached to an aromatic ring is 1. The van der Waals surface area contributed by atoms with Crippen LogP contribution in [0.3, 0.4) is 0 Å². The average molecular weight is 231 g/mol. The highest BCUT2D eigenvalue weighted by molar-refractivity contribution is 5.47. The van der Waals surface area contributed by atoms with Crippen LogP contribution in [0, 0.1) is 12.7 Å². The summed E-state index contributed by atoms with van der Waals surface area (Å²) in [4.78, 5) is 0. The second-order valence-electron chi connectivity index (χ2n) is 3.94. The van der Waals surface area contributed by atoms with E-state index in [-0.39, 0.29) is 5.82 Å². The Morgan fingerprint density at radius 3 is 2.47 bits per heavy atom. The van der Waals surface area contributed by atoms with Crippen LogP contribution in [0.2, 0.25) is 0 Å². The van der Waals surface area contributed by atoms with Crippen LogP contribution >= 0.6 is 0 Å². The number of hydrogen-bond donors (Lipinski definition) is 1. The molecule has 2 nitrogen and oxygen atoms in total. The predicted octanol–water partition coefficient (Wildman–Crippen LogP) is 3.30. The van der Waals surface area contributed by atoms with Gasteiger partial charge in [0.1, 0.15) is 18.2 Å². The van der Waals surface area contributed by atoms with Gasteiger partial charge in [0.15, 0.2) is 0 Å². The second-order valence-corrected chi connectivity index (χ2v) is 3.94. The molecule has 0 fully saturated rings. The van der Waals surface area contributed by atoms with Crippen molar-refractivity contribution in [2.45, 2.75) is 13.5 Å². The van der Waals surface area contributed by atoms with E-state index in [2.05, 4.69) is 0 Å². The number of aryl methyl sites for hydroxylation is 1. The number of anilines is 1. The first kappa shape index (κ1) is 11.5. The fourth-order valence-corrected chi connectivity index (χ4v) is 1.58. The Hall–Kier alpha value is -2.03.